The summed E-state index contributed by atoms with van der Waals surface area (Å²) in [4.78, 5) is 29.1. The van der Waals surface area contributed by atoms with Crippen LogP contribution in [0.2, 0.25) is 0 Å². The molecule has 0 aliphatic heterocycles. The summed E-state index contributed by atoms with van der Waals surface area (Å²) in [6.07, 6.45) is 6.75. The summed E-state index contributed by atoms with van der Waals surface area (Å²) in [5.74, 6) is 0.548. The first-order chi connectivity index (χ1) is 11.9. The fourth-order valence-corrected chi connectivity index (χ4v) is 3.29. The molecule has 11 heteroatoms. The molecule has 0 aromatic carbocycles. The lowest BCUT2D eigenvalue weighted by Crippen LogP contribution is -2.35. The van der Waals surface area contributed by atoms with Gasteiger partial charge in [-0.15, -0.1) is 0 Å². The molecule has 5 N–H and O–H groups in total. The van der Waals surface area contributed by atoms with E-state index in [9.17, 15) is 4.57 Å². The number of imidazole rings is 1. The number of fused-ring (bicyclic) bond motifs is 1. The Hall–Kier alpha value is -1.74. The van der Waals surface area contributed by atoms with E-state index in [1.165, 1.54) is 6.42 Å². The van der Waals surface area contributed by atoms with Crippen LogP contribution >= 0.6 is 7.60 Å². The summed E-state index contributed by atoms with van der Waals surface area (Å²) in [6.45, 7) is 0.491. The van der Waals surface area contributed by atoms with Gasteiger partial charge in [-0.05, 0) is 25.7 Å². The van der Waals surface area contributed by atoms with Gasteiger partial charge in [0.1, 0.15) is 12.5 Å². The van der Waals surface area contributed by atoms with Crippen molar-refractivity contribution in [3.8, 4) is 5.88 Å². The Morgan fingerprint density at radius 3 is 2.80 bits per heavy atom. The molecular formula is C14H23N5O5P+. The second kappa shape index (κ2) is 7.65. The number of ether oxygens (including phenoxy) is 2. The Morgan fingerprint density at radius 1 is 1.32 bits per heavy atom. The smallest absolute Gasteiger partial charge is 0.350 e. The first-order valence-electron chi connectivity index (χ1n) is 8.25. The second-order valence-electron chi connectivity index (χ2n) is 6.13. The average molecular weight is 372 g/mol. The highest BCUT2D eigenvalue weighted by atomic mass is 31.2. The molecule has 0 spiro atoms. The third-order valence-corrected chi connectivity index (χ3v) is 4.60. The van der Waals surface area contributed by atoms with E-state index in [1.807, 2.05) is 0 Å². The number of nitrogens with two attached hydrogens (primary N) is 1. The Morgan fingerprint density at radius 2 is 2.08 bits per heavy atom. The van der Waals surface area contributed by atoms with Crippen LogP contribution in [0.4, 0.5) is 5.95 Å². The number of rotatable bonds is 7. The molecule has 0 radical (unpaired) electrons. The lowest BCUT2D eigenvalue weighted by molar-refractivity contribution is -0.674. The van der Waals surface area contributed by atoms with E-state index in [4.69, 9.17) is 25.0 Å². The predicted octanol–water partition coefficient (Wildman–Crippen LogP) is 0.691. The van der Waals surface area contributed by atoms with Crippen LogP contribution in [-0.2, 0) is 15.8 Å². The van der Waals surface area contributed by atoms with Crippen molar-refractivity contribution in [2.24, 2.45) is 0 Å². The van der Waals surface area contributed by atoms with E-state index in [1.54, 1.807) is 10.9 Å². The number of anilines is 1. The number of hydrogen-bond donors (Lipinski definition) is 4. The van der Waals surface area contributed by atoms with Gasteiger partial charge >= 0.3 is 19.2 Å². The Labute approximate surface area is 144 Å². The third-order valence-electron chi connectivity index (χ3n) is 4.08. The molecule has 2 aromatic heterocycles. The van der Waals surface area contributed by atoms with Crippen molar-refractivity contribution in [3.05, 3.63) is 6.33 Å². The first-order valence-corrected chi connectivity index (χ1v) is 10.0. The Balaban J connectivity index is 1.72. The highest BCUT2D eigenvalue weighted by Gasteiger charge is 2.23. The molecule has 1 aliphatic carbocycles. The molecule has 0 amide bonds. The number of aromatic amines is 1. The molecule has 1 fully saturated rings. The van der Waals surface area contributed by atoms with E-state index in [2.05, 4.69) is 15.0 Å². The van der Waals surface area contributed by atoms with Crippen molar-refractivity contribution in [2.75, 3.05) is 18.7 Å². The van der Waals surface area contributed by atoms with E-state index in [-0.39, 0.29) is 18.7 Å². The van der Waals surface area contributed by atoms with Gasteiger partial charge < -0.3 is 25.0 Å². The van der Waals surface area contributed by atoms with Gasteiger partial charge in [-0.25, -0.2) is 4.57 Å². The molecule has 0 saturated heterocycles. The SMILES string of the molecule is Nc1nc(OC2CCCCC2)c2[nH]c[n+](CCOCP(=O)(O)O)c2n1. The van der Waals surface area contributed by atoms with Crippen LogP contribution in [0.15, 0.2) is 6.33 Å². The molecule has 10 nitrogen and oxygen atoms in total. The van der Waals surface area contributed by atoms with Crippen LogP contribution in [0.25, 0.3) is 11.2 Å². The largest absolute Gasteiger partial charge is 0.472 e. The lowest BCUT2D eigenvalue weighted by Gasteiger charge is -2.21. The molecule has 1 saturated carbocycles. The topological polar surface area (TPSA) is 147 Å². The van der Waals surface area contributed by atoms with Crippen molar-refractivity contribution < 1.29 is 28.4 Å². The molecular weight excluding hydrogens is 349 g/mol. The van der Waals surface area contributed by atoms with Crippen LogP contribution in [-0.4, -0.2) is 43.8 Å². The molecule has 0 bridgehead atoms. The van der Waals surface area contributed by atoms with E-state index >= 15 is 0 Å². The summed E-state index contributed by atoms with van der Waals surface area (Å²) in [5, 5.41) is 0. The third kappa shape index (κ3) is 4.88. The number of hydrogen-bond acceptors (Lipinski definition) is 6. The van der Waals surface area contributed by atoms with Crippen molar-refractivity contribution in [3.63, 3.8) is 0 Å². The fraction of sp³-hybridized carbons (Fsp3) is 0.643. The van der Waals surface area contributed by atoms with Crippen molar-refractivity contribution >= 4 is 24.7 Å². The van der Waals surface area contributed by atoms with Crippen LogP contribution in [0.5, 0.6) is 5.88 Å². The summed E-state index contributed by atoms with van der Waals surface area (Å²) < 4.78 is 23.6. The minimum absolute atomic E-state index is 0.114. The number of H-pyrrole nitrogens is 1. The maximum atomic E-state index is 10.8. The van der Waals surface area contributed by atoms with Gasteiger partial charge in [-0.1, -0.05) is 11.4 Å². The average Bonchev–Trinajstić information content (AvgIpc) is 2.95. The highest BCUT2D eigenvalue weighted by Crippen LogP contribution is 2.33. The monoisotopic (exact) mass is 372 g/mol. The van der Waals surface area contributed by atoms with Crippen LogP contribution in [0, 0.1) is 0 Å². The molecule has 2 heterocycles. The summed E-state index contributed by atoms with van der Waals surface area (Å²) in [7, 11) is -4.16. The number of nitrogens with one attached hydrogen (secondary N) is 1. The zero-order valence-electron chi connectivity index (χ0n) is 13.8. The quantitative estimate of drug-likeness (QED) is 0.315. The maximum Gasteiger partial charge on any atom is 0.350 e. The van der Waals surface area contributed by atoms with Gasteiger partial charge in [0.2, 0.25) is 5.52 Å². The Bertz CT molecular complexity index is 770. The van der Waals surface area contributed by atoms with Crippen molar-refractivity contribution in [2.45, 2.75) is 44.8 Å². The van der Waals surface area contributed by atoms with Crippen LogP contribution in [0.1, 0.15) is 32.1 Å². The zero-order chi connectivity index (χ0) is 17.9. The number of aromatic nitrogens is 4. The number of nitrogens with zero attached hydrogens (tertiary/aromatic N) is 3. The van der Waals surface area contributed by atoms with Crippen LogP contribution < -0.4 is 15.0 Å². The van der Waals surface area contributed by atoms with Gasteiger partial charge in [-0.3, -0.25) is 9.55 Å². The van der Waals surface area contributed by atoms with Gasteiger partial charge in [0.25, 0.3) is 5.88 Å². The van der Waals surface area contributed by atoms with Gasteiger partial charge in [0, 0.05) is 0 Å². The maximum absolute atomic E-state index is 10.8. The summed E-state index contributed by atoms with van der Waals surface area (Å²) in [6, 6.07) is 0. The standard InChI is InChI=1S/C14H22N5O5P/c15-14-17-12-11(13(18-14)24-10-4-2-1-3-5-10)16-8-19(12)6-7-23-9-25(20,21)22/h8,10H,1-7,9H2,(H4,15,17,18,20,21,22)/p+1. The minimum Gasteiger partial charge on any atom is -0.472 e. The summed E-state index contributed by atoms with van der Waals surface area (Å²) in [5.41, 5.74) is 7.02. The van der Waals surface area contributed by atoms with Gasteiger partial charge in [0.15, 0.2) is 6.33 Å². The van der Waals surface area contributed by atoms with Gasteiger partial charge in [-0.2, -0.15) is 4.98 Å². The molecule has 3 rings (SSSR count). The van der Waals surface area contributed by atoms with E-state index in [0.29, 0.717) is 23.6 Å². The molecule has 1 aliphatic rings. The van der Waals surface area contributed by atoms with Crippen molar-refractivity contribution in [1.82, 2.24) is 15.0 Å². The van der Waals surface area contributed by atoms with Gasteiger partial charge in [0.05, 0.1) is 13.2 Å². The zero-order valence-corrected chi connectivity index (χ0v) is 14.7. The van der Waals surface area contributed by atoms with Crippen molar-refractivity contribution in [1.29, 1.82) is 0 Å². The summed E-state index contributed by atoms with van der Waals surface area (Å²) >= 11 is 0. The first kappa shape index (κ1) is 18.1. The fourth-order valence-electron chi connectivity index (χ4n) is 2.93. The number of nitrogen functional groups attached to an aromatic ring is 1. The van der Waals surface area contributed by atoms with E-state index in [0.717, 1.165) is 25.7 Å². The van der Waals surface area contributed by atoms with Crippen LogP contribution in [0.3, 0.4) is 0 Å². The molecule has 25 heavy (non-hydrogen) atoms. The molecule has 2 aromatic rings. The molecule has 138 valence electrons. The second-order valence-corrected chi connectivity index (χ2v) is 7.72. The normalized spacial score (nSPS) is 16.4. The Kier molecular flexibility index (Phi) is 5.53. The lowest BCUT2D eigenvalue weighted by atomic mass is 9.98. The predicted molar refractivity (Wildman–Crippen MR) is 88.9 cm³/mol. The minimum atomic E-state index is -4.16. The molecule has 0 unspecified atom stereocenters. The molecule has 0 atom stereocenters. The highest BCUT2D eigenvalue weighted by molar-refractivity contribution is 7.51. The van der Waals surface area contributed by atoms with E-state index < -0.39 is 13.9 Å².